The van der Waals surface area contributed by atoms with Crippen LogP contribution in [0.1, 0.15) is 37.9 Å². The van der Waals surface area contributed by atoms with Gasteiger partial charge in [-0.15, -0.1) is 0 Å². The van der Waals surface area contributed by atoms with E-state index in [4.69, 9.17) is 14.2 Å². The highest BCUT2D eigenvalue weighted by molar-refractivity contribution is 5.81. The predicted octanol–water partition coefficient (Wildman–Crippen LogP) is 3.68. The lowest BCUT2D eigenvalue weighted by atomic mass is 10.1. The Hall–Kier alpha value is -2.53. The molecule has 2 aromatic rings. The lowest BCUT2D eigenvalue weighted by molar-refractivity contribution is -0.155. The molecule has 0 spiro atoms. The summed E-state index contributed by atoms with van der Waals surface area (Å²) in [6.07, 6.45) is 0. The van der Waals surface area contributed by atoms with E-state index < -0.39 is 5.60 Å². The van der Waals surface area contributed by atoms with Gasteiger partial charge in [0.15, 0.2) is 11.5 Å². The molecule has 3 atom stereocenters. The van der Waals surface area contributed by atoms with Gasteiger partial charge in [-0.05, 0) is 44.0 Å². The largest absolute Gasteiger partial charge is 0.459 e. The highest BCUT2D eigenvalue weighted by Gasteiger charge is 2.55. The van der Waals surface area contributed by atoms with Crippen LogP contribution >= 0.6 is 0 Å². The Bertz CT molecular complexity index is 813. The van der Waals surface area contributed by atoms with E-state index in [1.165, 1.54) is 5.56 Å². The van der Waals surface area contributed by atoms with Crippen LogP contribution in [0.2, 0.25) is 0 Å². The summed E-state index contributed by atoms with van der Waals surface area (Å²) in [5.41, 5.74) is 1.71. The van der Waals surface area contributed by atoms with E-state index in [-0.39, 0.29) is 24.8 Å². The summed E-state index contributed by atoms with van der Waals surface area (Å²) in [6, 6.07) is 15.7. The van der Waals surface area contributed by atoms with Crippen molar-refractivity contribution in [3.63, 3.8) is 0 Å². The van der Waals surface area contributed by atoms with Crippen LogP contribution in [0, 0.1) is 0 Å². The first-order valence-electron chi connectivity index (χ1n) is 8.84. The Morgan fingerprint density at radius 3 is 2.58 bits per heavy atom. The van der Waals surface area contributed by atoms with Crippen molar-refractivity contribution >= 4 is 5.97 Å². The zero-order valence-corrected chi connectivity index (χ0v) is 15.3. The van der Waals surface area contributed by atoms with Crippen LogP contribution in [-0.2, 0) is 16.1 Å². The summed E-state index contributed by atoms with van der Waals surface area (Å²) in [6.45, 7) is 6.62. The molecule has 2 aliphatic rings. The topological polar surface area (TPSA) is 47.8 Å². The van der Waals surface area contributed by atoms with Crippen molar-refractivity contribution in [2.24, 2.45) is 0 Å². The zero-order chi connectivity index (χ0) is 18.3. The fourth-order valence-electron chi connectivity index (χ4n) is 3.36. The van der Waals surface area contributed by atoms with Gasteiger partial charge < -0.3 is 14.2 Å². The van der Waals surface area contributed by atoms with Gasteiger partial charge in [0.25, 0.3) is 0 Å². The molecule has 0 bridgehead atoms. The van der Waals surface area contributed by atoms with Crippen molar-refractivity contribution in [2.45, 2.75) is 45.0 Å². The minimum atomic E-state index is -0.502. The zero-order valence-electron chi connectivity index (χ0n) is 15.3. The summed E-state index contributed by atoms with van der Waals surface area (Å²) >= 11 is 0. The third kappa shape index (κ3) is 3.40. The van der Waals surface area contributed by atoms with Crippen LogP contribution in [-0.4, -0.2) is 29.3 Å². The summed E-state index contributed by atoms with van der Waals surface area (Å²) < 4.78 is 16.5. The van der Waals surface area contributed by atoms with E-state index >= 15 is 0 Å². The molecule has 2 aliphatic heterocycles. The Morgan fingerprint density at radius 1 is 1.12 bits per heavy atom. The van der Waals surface area contributed by atoms with E-state index in [9.17, 15) is 4.79 Å². The number of hydrogen-bond donors (Lipinski definition) is 0. The lowest BCUT2D eigenvalue weighted by Gasteiger charge is -2.19. The van der Waals surface area contributed by atoms with Gasteiger partial charge in [-0.1, -0.05) is 36.4 Å². The molecule has 2 heterocycles. The van der Waals surface area contributed by atoms with Crippen LogP contribution in [0.4, 0.5) is 0 Å². The number of nitrogens with zero attached hydrogens (tertiary/aromatic N) is 1. The molecule has 5 nitrogen and oxygen atoms in total. The molecule has 4 rings (SSSR count). The van der Waals surface area contributed by atoms with Gasteiger partial charge in [0.1, 0.15) is 11.6 Å². The molecule has 1 unspecified atom stereocenters. The average Bonchev–Trinajstić information content (AvgIpc) is 3.09. The summed E-state index contributed by atoms with van der Waals surface area (Å²) in [7, 11) is 0. The maximum absolute atomic E-state index is 12.7. The van der Waals surface area contributed by atoms with Gasteiger partial charge in [0.05, 0.1) is 6.04 Å². The molecular formula is C21H23NO4. The van der Waals surface area contributed by atoms with Gasteiger partial charge in [0.2, 0.25) is 6.79 Å². The highest BCUT2D eigenvalue weighted by atomic mass is 16.7. The minimum absolute atomic E-state index is 0.0143. The minimum Gasteiger partial charge on any atom is -0.459 e. The molecule has 0 amide bonds. The number of ether oxygens (including phenoxy) is 3. The van der Waals surface area contributed by atoms with Crippen LogP contribution in [0.25, 0.3) is 0 Å². The second-order valence-corrected chi connectivity index (χ2v) is 7.69. The van der Waals surface area contributed by atoms with Crippen molar-refractivity contribution in [1.29, 1.82) is 0 Å². The van der Waals surface area contributed by atoms with E-state index in [0.29, 0.717) is 6.54 Å². The Kier molecular flexibility index (Phi) is 4.11. The number of carbonyl (C=O) groups excluding carboxylic acids is 1. The number of rotatable bonds is 4. The number of benzene rings is 2. The number of carbonyl (C=O) groups is 1. The van der Waals surface area contributed by atoms with Gasteiger partial charge in [-0.2, -0.15) is 0 Å². The third-order valence-corrected chi connectivity index (χ3v) is 4.52. The Morgan fingerprint density at radius 2 is 1.85 bits per heavy atom. The Labute approximate surface area is 153 Å². The molecule has 0 radical (unpaired) electrons. The van der Waals surface area contributed by atoms with Crippen molar-refractivity contribution < 1.29 is 19.0 Å². The second kappa shape index (κ2) is 6.32. The van der Waals surface area contributed by atoms with Crippen molar-refractivity contribution in [2.75, 3.05) is 6.79 Å². The quantitative estimate of drug-likeness (QED) is 0.620. The lowest BCUT2D eigenvalue weighted by Crippen LogP contribution is -2.28. The van der Waals surface area contributed by atoms with Crippen LogP contribution in [0.3, 0.4) is 0 Å². The number of esters is 1. The monoisotopic (exact) mass is 353 g/mol. The fraction of sp³-hybridized carbons (Fsp3) is 0.381. The third-order valence-electron chi connectivity index (χ3n) is 4.52. The molecule has 0 N–H and O–H groups in total. The molecule has 1 fully saturated rings. The van der Waals surface area contributed by atoms with E-state index in [2.05, 4.69) is 17.0 Å². The smallest absolute Gasteiger partial charge is 0.325 e. The molecular weight excluding hydrogens is 330 g/mol. The summed E-state index contributed by atoms with van der Waals surface area (Å²) in [5, 5.41) is 0. The first-order valence-corrected chi connectivity index (χ1v) is 8.84. The highest BCUT2D eigenvalue weighted by Crippen LogP contribution is 2.47. The molecule has 0 saturated carbocycles. The van der Waals surface area contributed by atoms with Gasteiger partial charge >= 0.3 is 5.97 Å². The SMILES string of the molecule is CC(C)(C)OC(=O)[C@@H]1[C@H](c2ccc3c(c2)OCO3)N1Cc1ccccc1. The summed E-state index contributed by atoms with van der Waals surface area (Å²) in [4.78, 5) is 14.9. The van der Waals surface area contributed by atoms with Gasteiger partial charge in [-0.25, -0.2) is 0 Å². The van der Waals surface area contributed by atoms with Gasteiger partial charge in [-0.3, -0.25) is 9.69 Å². The maximum atomic E-state index is 12.7. The van der Waals surface area contributed by atoms with Crippen LogP contribution in [0.5, 0.6) is 11.5 Å². The standard InChI is InChI=1S/C21H23NO4/c1-21(2,3)26-20(23)19-18(22(19)12-14-7-5-4-6-8-14)15-9-10-16-17(11-15)25-13-24-16/h4-11,18-19H,12-13H2,1-3H3/t18-,19-,22?/m0/s1. The molecule has 0 aliphatic carbocycles. The molecule has 5 heteroatoms. The van der Waals surface area contributed by atoms with Gasteiger partial charge in [0, 0.05) is 6.54 Å². The predicted molar refractivity (Wildman–Crippen MR) is 96.9 cm³/mol. The number of fused-ring (bicyclic) bond motifs is 1. The average molecular weight is 353 g/mol. The Balaban J connectivity index is 1.58. The van der Waals surface area contributed by atoms with E-state index in [1.807, 2.05) is 57.2 Å². The second-order valence-electron chi connectivity index (χ2n) is 7.69. The molecule has 0 aromatic heterocycles. The first kappa shape index (κ1) is 16.9. The maximum Gasteiger partial charge on any atom is 0.325 e. The van der Waals surface area contributed by atoms with Crippen molar-refractivity contribution in [1.82, 2.24) is 4.90 Å². The van der Waals surface area contributed by atoms with Crippen LogP contribution in [0.15, 0.2) is 48.5 Å². The van der Waals surface area contributed by atoms with E-state index in [0.717, 1.165) is 17.1 Å². The fourth-order valence-corrected chi connectivity index (χ4v) is 3.36. The molecule has 26 heavy (non-hydrogen) atoms. The summed E-state index contributed by atoms with van der Waals surface area (Å²) in [5.74, 6) is 1.30. The van der Waals surface area contributed by atoms with E-state index in [1.54, 1.807) is 0 Å². The van der Waals surface area contributed by atoms with Crippen molar-refractivity contribution in [3.8, 4) is 11.5 Å². The van der Waals surface area contributed by atoms with Crippen molar-refractivity contribution in [3.05, 3.63) is 59.7 Å². The molecule has 2 aromatic carbocycles. The first-order chi connectivity index (χ1) is 12.4. The number of hydrogen-bond acceptors (Lipinski definition) is 5. The molecule has 136 valence electrons. The molecule has 1 saturated heterocycles. The normalized spacial score (nSPS) is 23.6. The van der Waals surface area contributed by atoms with Crippen LogP contribution < -0.4 is 9.47 Å².